The second-order valence-electron chi connectivity index (χ2n) is 18.2. The summed E-state index contributed by atoms with van der Waals surface area (Å²) in [6, 6.07) is 0.0402. The zero-order valence-corrected chi connectivity index (χ0v) is 42.8. The third kappa shape index (κ3) is 16.8. The molecule has 16 heteroatoms. The van der Waals surface area contributed by atoms with Crippen LogP contribution in [0.2, 0.25) is 0 Å². The molecule has 2 aromatic rings. The molecule has 0 N–H and O–H groups in total. The van der Waals surface area contributed by atoms with Crippen molar-refractivity contribution in [2.24, 2.45) is 41.6 Å². The fourth-order valence-corrected chi connectivity index (χ4v) is 7.85. The van der Waals surface area contributed by atoms with E-state index in [1.54, 1.807) is 43.7 Å². The smallest absolute Gasteiger partial charge is 0.194 e. The van der Waals surface area contributed by atoms with E-state index in [-0.39, 0.29) is 51.5 Å². The first kappa shape index (κ1) is 54.7. The predicted molar refractivity (Wildman–Crippen MR) is 259 cm³/mol. The Hall–Kier alpha value is -3.34. The summed E-state index contributed by atoms with van der Waals surface area (Å²) in [6.07, 6.45) is 3.70. The van der Waals surface area contributed by atoms with Crippen molar-refractivity contribution in [3.63, 3.8) is 0 Å². The van der Waals surface area contributed by atoms with Crippen LogP contribution in [0.1, 0.15) is 132 Å². The number of carbonyl (C=O) groups is 4. The number of aliphatic imine (C=N–C) groups is 4. The number of aromatic nitrogens is 4. The molecule has 0 saturated heterocycles. The standard InChI is InChI=1S/C12H19NOS.C11H18N2OS.C11H16N2OS.C10H15N3OS/c1-6-9(11(14)12(3,4)5)10-7-15-8(2)13-10;1-7-13-8(6-15-7)9(12-5)10(14)11(2,3)4;1-6-8(9(14)11(3,4)5)10-12-7(2)15-13-10;1-6-12-9(13-15-6)7(11-5)8(14)10(2,3)4/h6,10H,7H2,1-5H3;8H,6H2,1-5H3;6H,1-5H3;1-5H3/b9-6-;;8-6+;. The van der Waals surface area contributed by atoms with Crippen LogP contribution in [-0.4, -0.2) is 101 Å². The van der Waals surface area contributed by atoms with Gasteiger partial charge in [0.2, 0.25) is 0 Å². The van der Waals surface area contributed by atoms with Gasteiger partial charge in [-0.3, -0.25) is 39.1 Å². The third-order valence-corrected chi connectivity index (χ3v) is 11.8. The van der Waals surface area contributed by atoms with Crippen molar-refractivity contribution in [1.82, 2.24) is 18.7 Å². The number of nitrogens with zero attached hydrogens (tertiary/aromatic N) is 8. The highest BCUT2D eigenvalue weighted by Gasteiger charge is 2.34. The summed E-state index contributed by atoms with van der Waals surface area (Å²) in [5.74, 6) is 3.14. The highest BCUT2D eigenvalue weighted by Crippen LogP contribution is 2.29. The quantitative estimate of drug-likeness (QED) is 0.184. The lowest BCUT2D eigenvalue weighted by Crippen LogP contribution is -2.36. The molecule has 4 rings (SSSR count). The number of rotatable bonds is 8. The summed E-state index contributed by atoms with van der Waals surface area (Å²) in [6.45, 7) is 34.4. The van der Waals surface area contributed by atoms with E-state index in [9.17, 15) is 19.2 Å². The van der Waals surface area contributed by atoms with E-state index in [1.165, 1.54) is 23.1 Å². The first-order chi connectivity index (χ1) is 27.4. The molecule has 0 fully saturated rings. The minimum Gasteiger partial charge on any atom is -0.294 e. The monoisotopic (exact) mass is 900 g/mol. The van der Waals surface area contributed by atoms with Gasteiger partial charge in [-0.25, -0.2) is 9.97 Å². The van der Waals surface area contributed by atoms with Gasteiger partial charge in [-0.2, -0.15) is 8.75 Å². The molecule has 0 bridgehead atoms. The lowest BCUT2D eigenvalue weighted by atomic mass is 9.84. The number of ketones is 4. The van der Waals surface area contributed by atoms with Crippen LogP contribution < -0.4 is 0 Å². The molecule has 0 saturated carbocycles. The van der Waals surface area contributed by atoms with E-state index < -0.39 is 5.41 Å². The van der Waals surface area contributed by atoms with Crippen molar-refractivity contribution < 1.29 is 19.2 Å². The van der Waals surface area contributed by atoms with Crippen molar-refractivity contribution in [3.8, 4) is 0 Å². The van der Waals surface area contributed by atoms with Gasteiger partial charge < -0.3 is 0 Å². The van der Waals surface area contributed by atoms with E-state index in [0.29, 0.717) is 28.6 Å². The molecule has 4 heterocycles. The van der Waals surface area contributed by atoms with Crippen molar-refractivity contribution in [2.75, 3.05) is 25.6 Å². The Morgan fingerprint density at radius 2 is 0.983 bits per heavy atom. The Kier molecular flexibility index (Phi) is 21.1. The van der Waals surface area contributed by atoms with Gasteiger partial charge in [-0.05, 0) is 64.6 Å². The fraction of sp³-hybridized carbons (Fsp3) is 0.636. The first-order valence-electron chi connectivity index (χ1n) is 19.8. The number of aryl methyl sites for hydroxylation is 2. The molecule has 60 heavy (non-hydrogen) atoms. The third-order valence-electron chi connectivity index (χ3n) is 8.50. The zero-order valence-electron chi connectivity index (χ0n) is 39.6. The first-order valence-corrected chi connectivity index (χ1v) is 23.4. The van der Waals surface area contributed by atoms with Gasteiger partial charge in [0.05, 0.1) is 21.7 Å². The molecule has 0 radical (unpaired) electrons. The Morgan fingerprint density at radius 1 is 0.567 bits per heavy atom. The molecule has 2 unspecified atom stereocenters. The zero-order chi connectivity index (χ0) is 46.6. The molecule has 0 amide bonds. The summed E-state index contributed by atoms with van der Waals surface area (Å²) < 4.78 is 8.26. The molecule has 2 atom stereocenters. The molecule has 2 aliphatic rings. The average Bonchev–Trinajstić information content (AvgIpc) is 3.95. The van der Waals surface area contributed by atoms with Gasteiger partial charge >= 0.3 is 0 Å². The molecule has 0 spiro atoms. The Bertz CT molecular complexity index is 1880. The van der Waals surface area contributed by atoms with Gasteiger partial charge in [0.25, 0.3) is 0 Å². The summed E-state index contributed by atoms with van der Waals surface area (Å²) in [7, 11) is 3.27. The number of carbonyl (C=O) groups excluding carboxylic acids is 4. The average molecular weight is 901 g/mol. The van der Waals surface area contributed by atoms with Gasteiger partial charge in [0.15, 0.2) is 34.8 Å². The topological polar surface area (TPSA) is 169 Å². The summed E-state index contributed by atoms with van der Waals surface area (Å²) >= 11 is 6.03. The van der Waals surface area contributed by atoms with E-state index >= 15 is 0 Å². The van der Waals surface area contributed by atoms with Crippen LogP contribution in [0.15, 0.2) is 37.7 Å². The lowest BCUT2D eigenvalue weighted by Gasteiger charge is -2.21. The molecule has 332 valence electrons. The summed E-state index contributed by atoms with van der Waals surface area (Å²) in [5.41, 5.74) is 0.955. The second kappa shape index (κ2) is 23.2. The number of thioether (sulfide) groups is 2. The van der Waals surface area contributed by atoms with Crippen LogP contribution in [0.4, 0.5) is 0 Å². The SMILES string of the molecule is C/C=C(\C(=O)C(C)(C)C)C1CSC(C)=N1.C/C=C(\C(=O)C(C)(C)C)c1nsc(C)n1.CN=C(C(=O)C(C)(C)C)C1CSC(C)=N1.CN=C(C(=O)C(C)(C)C)c1nsc(C)n1. The van der Waals surface area contributed by atoms with Crippen LogP contribution in [0, 0.1) is 35.5 Å². The maximum Gasteiger partial charge on any atom is 0.194 e. The van der Waals surface area contributed by atoms with Gasteiger partial charge in [-0.15, -0.1) is 23.5 Å². The van der Waals surface area contributed by atoms with E-state index in [1.807, 2.05) is 131 Å². The van der Waals surface area contributed by atoms with E-state index in [0.717, 1.165) is 37.2 Å². The lowest BCUT2D eigenvalue weighted by molar-refractivity contribution is -0.123. The van der Waals surface area contributed by atoms with Crippen LogP contribution >= 0.6 is 46.6 Å². The Balaban J connectivity index is 0.000000400. The van der Waals surface area contributed by atoms with Gasteiger partial charge in [-0.1, -0.05) is 95.2 Å². The van der Waals surface area contributed by atoms with Crippen LogP contribution in [-0.2, 0) is 19.2 Å². The molecule has 12 nitrogen and oxygen atoms in total. The minimum absolute atomic E-state index is 0.0252. The maximum absolute atomic E-state index is 12.1. The Morgan fingerprint density at radius 3 is 1.28 bits per heavy atom. The molecular formula is C44H68N8O4S4. The van der Waals surface area contributed by atoms with Crippen LogP contribution in [0.3, 0.4) is 0 Å². The fourth-order valence-electron chi connectivity index (χ4n) is 5.21. The Labute approximate surface area is 376 Å². The molecular weight excluding hydrogens is 833 g/mol. The number of Topliss-reactive ketones (excluding diaryl/α,β-unsaturated/α-hetero) is 4. The largest absolute Gasteiger partial charge is 0.294 e. The summed E-state index contributed by atoms with van der Waals surface area (Å²) in [5, 5.41) is 3.85. The van der Waals surface area contributed by atoms with Crippen molar-refractivity contribution in [2.45, 2.75) is 137 Å². The van der Waals surface area contributed by atoms with E-state index in [4.69, 9.17) is 0 Å². The van der Waals surface area contributed by atoms with Crippen molar-refractivity contribution >= 4 is 96.8 Å². The van der Waals surface area contributed by atoms with Crippen molar-refractivity contribution in [1.29, 1.82) is 0 Å². The van der Waals surface area contributed by atoms with Gasteiger partial charge in [0.1, 0.15) is 27.5 Å². The minimum atomic E-state index is -0.450. The van der Waals surface area contributed by atoms with Crippen LogP contribution in [0.5, 0.6) is 0 Å². The second-order valence-corrected chi connectivity index (χ2v) is 22.5. The van der Waals surface area contributed by atoms with Crippen LogP contribution in [0.25, 0.3) is 5.57 Å². The highest BCUT2D eigenvalue weighted by molar-refractivity contribution is 8.14. The maximum atomic E-state index is 12.1. The molecule has 0 aromatic carbocycles. The van der Waals surface area contributed by atoms with Crippen molar-refractivity contribution in [3.05, 3.63) is 39.4 Å². The summed E-state index contributed by atoms with van der Waals surface area (Å²) in [4.78, 5) is 73.7. The normalized spacial score (nSPS) is 17.9. The molecule has 2 aromatic heterocycles. The predicted octanol–water partition coefficient (Wildman–Crippen LogP) is 10.0. The van der Waals surface area contributed by atoms with Gasteiger partial charge in [0, 0.05) is 52.8 Å². The molecule has 2 aliphatic heterocycles. The number of hydrogen-bond donors (Lipinski definition) is 0. The highest BCUT2D eigenvalue weighted by atomic mass is 32.2. The van der Waals surface area contributed by atoms with E-state index in [2.05, 4.69) is 38.7 Å². The number of allylic oxidation sites excluding steroid dienone is 3. The molecule has 0 aliphatic carbocycles. The number of hydrogen-bond acceptors (Lipinski definition) is 16.